The van der Waals surface area contributed by atoms with Crippen molar-refractivity contribution in [3.8, 4) is 11.5 Å². The fourth-order valence-electron chi connectivity index (χ4n) is 3.37. The van der Waals surface area contributed by atoms with E-state index < -0.39 is 5.97 Å². The molecule has 0 aliphatic carbocycles. The molecule has 0 atom stereocenters. The van der Waals surface area contributed by atoms with E-state index in [9.17, 15) is 4.79 Å². The first kappa shape index (κ1) is 22.5. The van der Waals surface area contributed by atoms with Gasteiger partial charge in [-0.3, -0.25) is 0 Å². The molecule has 4 nitrogen and oxygen atoms in total. The number of carboxylic acid groups (broad SMARTS) is 1. The van der Waals surface area contributed by atoms with E-state index in [-0.39, 0.29) is 5.60 Å². The zero-order valence-electron chi connectivity index (χ0n) is 18.5. The molecular weight excluding hydrogens is 364 g/mol. The highest BCUT2D eigenvalue weighted by atomic mass is 16.5. The molecule has 0 fully saturated rings. The van der Waals surface area contributed by atoms with Crippen molar-refractivity contribution >= 4 is 17.1 Å². The van der Waals surface area contributed by atoms with E-state index in [1.165, 1.54) is 11.6 Å². The molecule has 0 aromatic heterocycles. The van der Waals surface area contributed by atoms with Gasteiger partial charge in [0.15, 0.2) is 0 Å². The van der Waals surface area contributed by atoms with Gasteiger partial charge in [-0.2, -0.15) is 0 Å². The molecule has 1 aromatic carbocycles. The second kappa shape index (κ2) is 9.17. The second-order valence-electron chi connectivity index (χ2n) is 8.17. The molecule has 0 spiro atoms. The normalized spacial score (nSPS) is 16.5. The first-order chi connectivity index (χ1) is 13.5. The van der Waals surface area contributed by atoms with E-state index in [0.717, 1.165) is 28.2 Å². The van der Waals surface area contributed by atoms with E-state index in [1.54, 1.807) is 13.0 Å². The van der Waals surface area contributed by atoms with E-state index in [2.05, 4.69) is 39.8 Å². The molecular formula is C25H32O4. The van der Waals surface area contributed by atoms with Crippen LogP contribution in [0.15, 0.2) is 48.1 Å². The number of allylic oxidation sites excluding steroid dienone is 6. The first-order valence-corrected chi connectivity index (χ1v) is 10.0. The van der Waals surface area contributed by atoms with Crippen LogP contribution < -0.4 is 9.47 Å². The third kappa shape index (κ3) is 5.86. The van der Waals surface area contributed by atoms with Crippen LogP contribution in [0, 0.1) is 5.92 Å². The fourth-order valence-corrected chi connectivity index (χ4v) is 3.37. The topological polar surface area (TPSA) is 55.8 Å². The minimum absolute atomic E-state index is 0.362. The lowest BCUT2D eigenvalue weighted by atomic mass is 9.86. The summed E-state index contributed by atoms with van der Waals surface area (Å²) in [5.74, 6) is 1.05. The summed E-state index contributed by atoms with van der Waals surface area (Å²) < 4.78 is 12.1. The molecule has 0 saturated carbocycles. The number of fused-ring (bicyclic) bond motifs is 1. The molecule has 1 N–H and O–H groups in total. The molecule has 156 valence electrons. The summed E-state index contributed by atoms with van der Waals surface area (Å²) in [6, 6.07) is 4.13. The van der Waals surface area contributed by atoms with Gasteiger partial charge in [-0.25, -0.2) is 4.79 Å². The Balaban J connectivity index is 2.52. The van der Waals surface area contributed by atoms with Gasteiger partial charge in [0.05, 0.1) is 6.61 Å². The van der Waals surface area contributed by atoms with Crippen molar-refractivity contribution in [1.29, 1.82) is 0 Å². The molecule has 0 saturated heterocycles. The van der Waals surface area contributed by atoms with Gasteiger partial charge in [-0.15, -0.1) is 0 Å². The molecule has 4 heteroatoms. The highest BCUT2D eigenvalue weighted by molar-refractivity contribution is 5.82. The Labute approximate surface area is 174 Å². The summed E-state index contributed by atoms with van der Waals surface area (Å²) in [6.45, 7) is 14.8. The smallest absolute Gasteiger partial charge is 0.328 e. The molecule has 0 radical (unpaired) electrons. The van der Waals surface area contributed by atoms with Gasteiger partial charge < -0.3 is 14.6 Å². The number of rotatable bonds is 7. The molecule has 1 aromatic rings. The quantitative estimate of drug-likeness (QED) is 0.435. The lowest BCUT2D eigenvalue weighted by Gasteiger charge is -2.33. The maximum atomic E-state index is 10.8. The number of carbonyl (C=O) groups is 1. The van der Waals surface area contributed by atoms with E-state index in [4.69, 9.17) is 14.6 Å². The minimum Gasteiger partial charge on any atom is -0.493 e. The Kier molecular flexibility index (Phi) is 7.12. The number of aliphatic carboxylic acids is 1. The van der Waals surface area contributed by atoms with Crippen LogP contribution in [0.5, 0.6) is 11.5 Å². The number of hydrogen-bond acceptors (Lipinski definition) is 3. The maximum absolute atomic E-state index is 10.8. The van der Waals surface area contributed by atoms with Crippen molar-refractivity contribution in [2.45, 2.75) is 54.1 Å². The molecule has 1 aliphatic rings. The second-order valence-corrected chi connectivity index (χ2v) is 8.17. The number of hydrogen-bond donors (Lipinski definition) is 1. The highest BCUT2D eigenvalue weighted by Crippen LogP contribution is 2.44. The SMILES string of the molecule is CCOc1cc2c(cc1C(C)=CC=CC(C)=CC(=O)O)C(C(C)C)=CC(C)(C)O2. The molecule has 2 rings (SSSR count). The van der Waals surface area contributed by atoms with Crippen molar-refractivity contribution in [3.05, 3.63) is 59.2 Å². The molecule has 0 unspecified atom stereocenters. The fraction of sp³-hybridized carbons (Fsp3) is 0.400. The van der Waals surface area contributed by atoms with Gasteiger partial charge in [-0.1, -0.05) is 32.1 Å². The monoisotopic (exact) mass is 396 g/mol. The maximum Gasteiger partial charge on any atom is 0.328 e. The lowest BCUT2D eigenvalue weighted by Crippen LogP contribution is -2.29. The van der Waals surface area contributed by atoms with Gasteiger partial charge in [0.1, 0.15) is 17.1 Å². The van der Waals surface area contributed by atoms with Crippen molar-refractivity contribution < 1.29 is 19.4 Å². The average molecular weight is 397 g/mol. The predicted molar refractivity (Wildman–Crippen MR) is 119 cm³/mol. The Hall–Kier alpha value is -2.75. The summed E-state index contributed by atoms with van der Waals surface area (Å²) in [5.41, 5.74) is 4.71. The average Bonchev–Trinajstić information content (AvgIpc) is 2.59. The van der Waals surface area contributed by atoms with Crippen LogP contribution in [0.4, 0.5) is 0 Å². The van der Waals surface area contributed by atoms with Crippen LogP contribution in [0.25, 0.3) is 11.1 Å². The molecule has 29 heavy (non-hydrogen) atoms. The lowest BCUT2D eigenvalue weighted by molar-refractivity contribution is -0.131. The Morgan fingerprint density at radius 2 is 1.97 bits per heavy atom. The van der Waals surface area contributed by atoms with Crippen LogP contribution in [0.2, 0.25) is 0 Å². The van der Waals surface area contributed by atoms with Crippen molar-refractivity contribution in [3.63, 3.8) is 0 Å². The first-order valence-electron chi connectivity index (χ1n) is 10.0. The Morgan fingerprint density at radius 1 is 1.28 bits per heavy atom. The summed E-state index contributed by atoms with van der Waals surface area (Å²) in [7, 11) is 0. The van der Waals surface area contributed by atoms with Crippen LogP contribution in [-0.4, -0.2) is 23.3 Å². The van der Waals surface area contributed by atoms with E-state index in [0.29, 0.717) is 18.1 Å². The molecule has 0 bridgehead atoms. The number of ether oxygens (including phenoxy) is 2. The zero-order valence-corrected chi connectivity index (χ0v) is 18.5. The van der Waals surface area contributed by atoms with Crippen LogP contribution >= 0.6 is 0 Å². The van der Waals surface area contributed by atoms with Crippen molar-refractivity contribution in [2.24, 2.45) is 5.92 Å². The van der Waals surface area contributed by atoms with Crippen LogP contribution in [-0.2, 0) is 4.79 Å². The van der Waals surface area contributed by atoms with Crippen LogP contribution in [0.1, 0.15) is 59.6 Å². The van der Waals surface area contributed by atoms with Crippen LogP contribution in [0.3, 0.4) is 0 Å². The van der Waals surface area contributed by atoms with Gasteiger partial charge in [-0.05, 0) is 69.4 Å². The minimum atomic E-state index is -0.947. The third-order valence-electron chi connectivity index (χ3n) is 4.67. The van der Waals surface area contributed by atoms with Crippen molar-refractivity contribution in [1.82, 2.24) is 0 Å². The van der Waals surface area contributed by atoms with Gasteiger partial charge in [0.25, 0.3) is 0 Å². The van der Waals surface area contributed by atoms with Crippen molar-refractivity contribution in [2.75, 3.05) is 6.61 Å². The molecule has 1 aliphatic heterocycles. The van der Waals surface area contributed by atoms with Gasteiger partial charge in [0.2, 0.25) is 0 Å². The van der Waals surface area contributed by atoms with E-state index >= 15 is 0 Å². The third-order valence-corrected chi connectivity index (χ3v) is 4.67. The summed E-state index contributed by atoms with van der Waals surface area (Å²) in [6.07, 6.45) is 8.99. The highest BCUT2D eigenvalue weighted by Gasteiger charge is 2.29. The number of benzene rings is 1. The Bertz CT molecular complexity index is 896. The van der Waals surface area contributed by atoms with E-state index in [1.807, 2.05) is 32.1 Å². The summed E-state index contributed by atoms with van der Waals surface area (Å²) >= 11 is 0. The Morgan fingerprint density at radius 3 is 2.55 bits per heavy atom. The molecule has 0 amide bonds. The molecule has 1 heterocycles. The van der Waals surface area contributed by atoms with Gasteiger partial charge >= 0.3 is 5.97 Å². The predicted octanol–water partition coefficient (Wildman–Crippen LogP) is 6.29. The summed E-state index contributed by atoms with van der Waals surface area (Å²) in [5, 5.41) is 8.83. The largest absolute Gasteiger partial charge is 0.493 e. The summed E-state index contributed by atoms with van der Waals surface area (Å²) in [4.78, 5) is 10.8. The standard InChI is InChI=1S/C25H32O4/c1-8-28-22-14-23-20(21(16(2)3)15-25(6,7)29-23)13-19(22)18(5)11-9-10-17(4)12-24(26)27/h9-16H,8H2,1-7H3,(H,26,27). The zero-order chi connectivity index (χ0) is 21.8. The van der Waals surface area contributed by atoms with Gasteiger partial charge in [0, 0.05) is 23.3 Å². The number of carboxylic acids is 1.